The predicted octanol–water partition coefficient (Wildman–Crippen LogP) is 4.42. The summed E-state index contributed by atoms with van der Waals surface area (Å²) in [5.41, 5.74) is 0.797. The van der Waals surface area contributed by atoms with Crippen LogP contribution in [0.4, 0.5) is 0 Å². The van der Waals surface area contributed by atoms with Gasteiger partial charge in [0.05, 0.1) is 0 Å². The Bertz CT molecular complexity index is 453. The van der Waals surface area contributed by atoms with Gasteiger partial charge >= 0.3 is 0 Å². The van der Waals surface area contributed by atoms with Crippen molar-refractivity contribution >= 4 is 42.6 Å². The molecule has 0 fully saturated rings. The number of fused-ring (bicyclic) bond motifs is 1. The van der Waals surface area contributed by atoms with E-state index in [1.54, 1.807) is 0 Å². The van der Waals surface area contributed by atoms with Crippen molar-refractivity contribution in [3.8, 4) is 0 Å². The summed E-state index contributed by atoms with van der Waals surface area (Å²) < 4.78 is 2.10. The van der Waals surface area contributed by atoms with Gasteiger partial charge in [-0.15, -0.1) is 0 Å². The fraction of sp³-hybridized carbons (Fsp3) is 0. The maximum atomic E-state index is 5.88. The molecule has 0 bridgehead atoms. The van der Waals surface area contributed by atoms with Gasteiger partial charge in [-0.2, -0.15) is 0 Å². The van der Waals surface area contributed by atoms with Gasteiger partial charge in [0, 0.05) is 14.3 Å². The van der Waals surface area contributed by atoms with Crippen molar-refractivity contribution in [3.05, 3.63) is 51.8 Å². The smallest absolute Gasteiger partial charge is 0.0257 e. The molecule has 0 amide bonds. The van der Waals surface area contributed by atoms with Crippen LogP contribution in [0.15, 0.2) is 39.3 Å². The summed E-state index contributed by atoms with van der Waals surface area (Å²) in [6.07, 6.45) is 0. The molecule has 0 aromatic heterocycles. The number of benzene rings is 2. The minimum absolute atomic E-state index is 0.797. The Morgan fingerprint density at radius 2 is 1.69 bits per heavy atom. The van der Waals surface area contributed by atoms with E-state index in [1.165, 1.54) is 0 Å². The molecule has 0 aliphatic rings. The van der Waals surface area contributed by atoms with E-state index in [-0.39, 0.29) is 0 Å². The molecule has 0 aliphatic carbocycles. The first kappa shape index (κ1) is 9.22. The normalized spacial score (nSPS) is 10.7. The van der Waals surface area contributed by atoms with Gasteiger partial charge in [0.15, 0.2) is 0 Å². The molecule has 0 aliphatic heterocycles. The summed E-state index contributed by atoms with van der Waals surface area (Å²) in [5, 5.41) is 2.20. The monoisotopic (exact) mass is 296 g/mol. The van der Waals surface area contributed by atoms with Crippen molar-refractivity contribution in [2.75, 3.05) is 0 Å². The first-order chi connectivity index (χ1) is 6.20. The first-order valence-electron chi connectivity index (χ1n) is 3.82. The van der Waals surface area contributed by atoms with Crippen LogP contribution in [0.1, 0.15) is 5.56 Å². The molecule has 0 saturated carbocycles. The summed E-state index contributed by atoms with van der Waals surface area (Å²) in [4.78, 5) is 0. The minimum Gasteiger partial charge on any atom is -0.0605 e. The van der Waals surface area contributed by atoms with Gasteiger partial charge in [-0.1, -0.05) is 50.1 Å². The van der Waals surface area contributed by atoms with Crippen molar-refractivity contribution in [3.63, 3.8) is 0 Å². The lowest BCUT2D eigenvalue weighted by Gasteiger charge is -2.05. The summed E-state index contributed by atoms with van der Waals surface area (Å²) >= 11 is 6.97. The second-order valence-electron chi connectivity index (χ2n) is 2.80. The van der Waals surface area contributed by atoms with E-state index in [0.717, 1.165) is 25.3 Å². The fourth-order valence-corrected chi connectivity index (χ4v) is 2.41. The molecule has 0 N–H and O–H groups in total. The summed E-state index contributed by atoms with van der Waals surface area (Å²) in [6, 6.07) is 9.89. The van der Waals surface area contributed by atoms with Crippen LogP contribution in [-0.2, 0) is 0 Å². The molecule has 0 heterocycles. The molecule has 13 heavy (non-hydrogen) atoms. The predicted molar refractivity (Wildman–Crippen MR) is 62.8 cm³/mol. The van der Waals surface area contributed by atoms with Gasteiger partial charge < -0.3 is 0 Å². The Morgan fingerprint density at radius 3 is 2.38 bits per heavy atom. The van der Waals surface area contributed by atoms with E-state index in [2.05, 4.69) is 31.9 Å². The van der Waals surface area contributed by atoms with Crippen LogP contribution >= 0.6 is 31.9 Å². The molecule has 64 valence electrons. The van der Waals surface area contributed by atoms with Crippen molar-refractivity contribution in [2.24, 2.45) is 0 Å². The van der Waals surface area contributed by atoms with E-state index in [4.69, 9.17) is 6.92 Å². The Hall–Kier alpha value is -0.340. The third-order valence-electron chi connectivity index (χ3n) is 1.97. The lowest BCUT2D eigenvalue weighted by Crippen LogP contribution is -1.80. The Labute approximate surface area is 94.2 Å². The molecule has 2 heteroatoms. The first-order valence-corrected chi connectivity index (χ1v) is 5.41. The van der Waals surface area contributed by atoms with Gasteiger partial charge in [0.2, 0.25) is 0 Å². The Kier molecular flexibility index (Phi) is 2.43. The van der Waals surface area contributed by atoms with E-state index in [9.17, 15) is 0 Å². The summed E-state index contributed by atoms with van der Waals surface area (Å²) in [5.74, 6) is 0. The van der Waals surface area contributed by atoms with Gasteiger partial charge in [0.25, 0.3) is 0 Å². The molecule has 0 nitrogen and oxygen atoms in total. The zero-order chi connectivity index (χ0) is 9.42. The number of hydrogen-bond acceptors (Lipinski definition) is 0. The topological polar surface area (TPSA) is 0 Å². The third kappa shape index (κ3) is 1.53. The van der Waals surface area contributed by atoms with Gasteiger partial charge in [-0.25, -0.2) is 0 Å². The zero-order valence-electron chi connectivity index (χ0n) is 6.72. The highest BCUT2D eigenvalue weighted by Gasteiger charge is 2.03. The summed E-state index contributed by atoms with van der Waals surface area (Å²) in [7, 11) is 0. The largest absolute Gasteiger partial charge is 0.0605 e. The maximum Gasteiger partial charge on any atom is 0.0257 e. The van der Waals surface area contributed by atoms with E-state index >= 15 is 0 Å². The highest BCUT2D eigenvalue weighted by atomic mass is 79.9. The fourth-order valence-electron chi connectivity index (χ4n) is 1.35. The van der Waals surface area contributed by atoms with Crippen molar-refractivity contribution in [2.45, 2.75) is 0 Å². The molecule has 0 atom stereocenters. The molecule has 2 rings (SSSR count). The van der Waals surface area contributed by atoms with Gasteiger partial charge in [0.1, 0.15) is 0 Å². The van der Waals surface area contributed by atoms with Gasteiger partial charge in [-0.3, -0.25) is 0 Å². The highest BCUT2D eigenvalue weighted by Crippen LogP contribution is 2.31. The molecule has 2 aromatic carbocycles. The van der Waals surface area contributed by atoms with Crippen LogP contribution < -0.4 is 0 Å². The zero-order valence-corrected chi connectivity index (χ0v) is 9.89. The van der Waals surface area contributed by atoms with Crippen LogP contribution in [0.2, 0.25) is 0 Å². The molecular formula is C11H6Br2. The Morgan fingerprint density at radius 1 is 0.923 bits per heavy atom. The van der Waals surface area contributed by atoms with Crippen LogP contribution in [-0.4, -0.2) is 0 Å². The standard InChI is InChI=1S/C11H6Br2/c1-7-5-6-9(12)8-3-2-4-10(13)11(7)8/h1-6H. The SMILES string of the molecule is [CH]c1ccc(Br)c2cccc(Br)c12. The third-order valence-corrected chi connectivity index (χ3v) is 3.32. The lowest BCUT2D eigenvalue weighted by molar-refractivity contribution is 1.62. The lowest BCUT2D eigenvalue weighted by atomic mass is 10.1. The number of halogens is 2. The molecule has 2 aromatic rings. The van der Waals surface area contributed by atoms with Crippen molar-refractivity contribution < 1.29 is 0 Å². The van der Waals surface area contributed by atoms with E-state index in [0.29, 0.717) is 0 Å². The molecule has 0 unspecified atom stereocenters. The average Bonchev–Trinajstić information content (AvgIpc) is 2.12. The minimum atomic E-state index is 0.797. The molecular weight excluding hydrogens is 292 g/mol. The van der Waals surface area contributed by atoms with Crippen LogP contribution in [0, 0.1) is 6.92 Å². The van der Waals surface area contributed by atoms with E-state index < -0.39 is 0 Å². The molecule has 0 spiro atoms. The van der Waals surface area contributed by atoms with Crippen LogP contribution in [0.25, 0.3) is 10.8 Å². The van der Waals surface area contributed by atoms with Crippen LogP contribution in [0.3, 0.4) is 0 Å². The second-order valence-corrected chi connectivity index (χ2v) is 4.51. The van der Waals surface area contributed by atoms with Crippen molar-refractivity contribution in [1.29, 1.82) is 0 Å². The highest BCUT2D eigenvalue weighted by molar-refractivity contribution is 9.11. The maximum absolute atomic E-state index is 5.88. The van der Waals surface area contributed by atoms with Crippen molar-refractivity contribution in [1.82, 2.24) is 0 Å². The van der Waals surface area contributed by atoms with Crippen LogP contribution in [0.5, 0.6) is 0 Å². The van der Waals surface area contributed by atoms with E-state index in [1.807, 2.05) is 30.3 Å². The second kappa shape index (κ2) is 3.43. The average molecular weight is 298 g/mol. The Balaban J connectivity index is 3.00. The molecule has 0 saturated heterocycles. The quantitative estimate of drug-likeness (QED) is 0.675. The number of hydrogen-bond donors (Lipinski definition) is 0. The summed E-state index contributed by atoms with van der Waals surface area (Å²) in [6.45, 7) is 5.88. The molecule has 2 radical (unpaired) electrons. The van der Waals surface area contributed by atoms with Gasteiger partial charge in [-0.05, 0) is 30.0 Å². The number of rotatable bonds is 0.